The fraction of sp³-hybridized carbons (Fsp3) is 0.222. The Balaban J connectivity index is 1.66. The molecule has 4 nitrogen and oxygen atoms in total. The van der Waals surface area contributed by atoms with Crippen molar-refractivity contribution in [2.45, 2.75) is 25.6 Å². The molecule has 1 saturated heterocycles. The van der Waals surface area contributed by atoms with Crippen molar-refractivity contribution in [2.24, 2.45) is 0 Å². The predicted molar refractivity (Wildman–Crippen MR) is 132 cm³/mol. The number of anilines is 1. The summed E-state index contributed by atoms with van der Waals surface area (Å²) in [6.45, 7) is 4.85. The third kappa shape index (κ3) is 4.83. The Morgan fingerprint density at radius 2 is 1.59 bits per heavy atom. The lowest BCUT2D eigenvalue weighted by atomic mass is 10.1. The number of carbonyl (C=O) groups is 1. The van der Waals surface area contributed by atoms with Gasteiger partial charge in [0.05, 0.1) is 18.6 Å². The number of nitrogens with zero attached hydrogens (tertiary/aromatic N) is 1. The molecule has 1 unspecified atom stereocenters. The van der Waals surface area contributed by atoms with Crippen LogP contribution in [0.4, 0.5) is 5.69 Å². The highest BCUT2D eigenvalue weighted by Crippen LogP contribution is 2.48. The van der Waals surface area contributed by atoms with Crippen LogP contribution in [0.1, 0.15) is 35.4 Å². The Bertz CT molecular complexity index is 1090. The third-order valence-electron chi connectivity index (χ3n) is 5.27. The smallest absolute Gasteiger partial charge is 0.266 e. The van der Waals surface area contributed by atoms with Gasteiger partial charge in [-0.2, -0.15) is 0 Å². The molecule has 1 aliphatic rings. The van der Waals surface area contributed by atoms with Crippen molar-refractivity contribution < 1.29 is 14.3 Å². The van der Waals surface area contributed by atoms with Crippen LogP contribution in [0, 0.1) is 6.92 Å². The van der Waals surface area contributed by atoms with Crippen LogP contribution >= 0.6 is 11.8 Å². The number of rotatable bonds is 7. The summed E-state index contributed by atoms with van der Waals surface area (Å²) in [4.78, 5) is 16.1. The molecular weight excluding hydrogens is 418 g/mol. The number of carbonyl (C=O) groups excluding carboxylic acids is 1. The van der Waals surface area contributed by atoms with Gasteiger partial charge in [-0.05, 0) is 66.9 Å². The second-order valence-electron chi connectivity index (χ2n) is 7.68. The molecule has 0 aromatic heterocycles. The molecule has 164 valence electrons. The highest BCUT2D eigenvalue weighted by atomic mass is 32.2. The molecule has 3 aromatic carbocycles. The second kappa shape index (κ2) is 9.96. The Hall–Kier alpha value is -3.18. The zero-order chi connectivity index (χ0) is 22.5. The summed E-state index contributed by atoms with van der Waals surface area (Å²) in [5.41, 5.74) is 4.11. The third-order valence-corrected chi connectivity index (χ3v) is 6.52. The molecule has 3 aromatic rings. The summed E-state index contributed by atoms with van der Waals surface area (Å²) in [5.74, 6) is 1.61. The SMILES string of the molecule is CCCOc1ccc(C=C2SC(c3ccc(C)cc3)N(c3ccc(OC)cc3)C2=O)cc1. The summed E-state index contributed by atoms with van der Waals surface area (Å²) in [7, 11) is 1.64. The van der Waals surface area contributed by atoms with Crippen LogP contribution < -0.4 is 14.4 Å². The molecule has 0 saturated carbocycles. The average Bonchev–Trinajstić information content (AvgIpc) is 3.15. The van der Waals surface area contributed by atoms with Crippen LogP contribution in [-0.2, 0) is 4.79 Å². The van der Waals surface area contributed by atoms with E-state index in [9.17, 15) is 4.79 Å². The molecule has 0 bridgehead atoms. The predicted octanol–water partition coefficient (Wildman–Crippen LogP) is 6.61. The minimum Gasteiger partial charge on any atom is -0.497 e. The molecule has 1 heterocycles. The summed E-state index contributed by atoms with van der Waals surface area (Å²) < 4.78 is 11.0. The van der Waals surface area contributed by atoms with Crippen molar-refractivity contribution in [1.82, 2.24) is 0 Å². The number of hydrogen-bond donors (Lipinski definition) is 0. The standard InChI is InChI=1S/C27H27NO3S/c1-4-17-31-24-13-7-20(8-14-24)18-25-26(29)28(22-11-15-23(30-3)16-12-22)27(32-25)21-9-5-19(2)6-10-21/h5-16,18,27H,4,17H2,1-3H3. The minimum absolute atomic E-state index is 0.00273. The van der Waals surface area contributed by atoms with Crippen LogP contribution in [0.3, 0.4) is 0 Å². The van der Waals surface area contributed by atoms with Crippen molar-refractivity contribution in [3.05, 3.63) is 94.4 Å². The van der Waals surface area contributed by atoms with Crippen LogP contribution in [0.25, 0.3) is 6.08 Å². The van der Waals surface area contributed by atoms with Gasteiger partial charge in [0.2, 0.25) is 0 Å². The number of methoxy groups -OCH3 is 1. The van der Waals surface area contributed by atoms with Crippen molar-refractivity contribution >= 4 is 29.4 Å². The molecule has 1 atom stereocenters. The quantitative estimate of drug-likeness (QED) is 0.384. The van der Waals surface area contributed by atoms with Crippen molar-refractivity contribution in [3.63, 3.8) is 0 Å². The minimum atomic E-state index is -0.130. The fourth-order valence-corrected chi connectivity index (χ4v) is 4.78. The maximum Gasteiger partial charge on any atom is 0.266 e. The van der Waals surface area contributed by atoms with E-state index < -0.39 is 0 Å². The van der Waals surface area contributed by atoms with Crippen molar-refractivity contribution in [2.75, 3.05) is 18.6 Å². The molecule has 0 spiro atoms. The van der Waals surface area contributed by atoms with Gasteiger partial charge in [-0.15, -0.1) is 0 Å². The Morgan fingerprint density at radius 3 is 2.22 bits per heavy atom. The largest absolute Gasteiger partial charge is 0.497 e. The highest BCUT2D eigenvalue weighted by molar-refractivity contribution is 8.05. The van der Waals surface area contributed by atoms with E-state index in [4.69, 9.17) is 9.47 Å². The van der Waals surface area contributed by atoms with E-state index in [1.54, 1.807) is 18.9 Å². The monoisotopic (exact) mass is 445 g/mol. The van der Waals surface area contributed by atoms with Gasteiger partial charge in [0.1, 0.15) is 16.9 Å². The maximum absolute atomic E-state index is 13.5. The molecule has 0 aliphatic carbocycles. The summed E-state index contributed by atoms with van der Waals surface area (Å²) in [6.07, 6.45) is 2.93. The topological polar surface area (TPSA) is 38.8 Å². The lowest BCUT2D eigenvalue weighted by Crippen LogP contribution is -2.27. The van der Waals surface area contributed by atoms with Gasteiger partial charge < -0.3 is 9.47 Å². The Morgan fingerprint density at radius 1 is 0.938 bits per heavy atom. The van der Waals surface area contributed by atoms with Crippen molar-refractivity contribution in [1.29, 1.82) is 0 Å². The summed E-state index contributed by atoms with van der Waals surface area (Å²) in [6, 6.07) is 23.9. The zero-order valence-corrected chi connectivity index (χ0v) is 19.4. The van der Waals surface area contributed by atoms with E-state index in [2.05, 4.69) is 38.1 Å². The molecule has 0 N–H and O–H groups in total. The molecule has 5 heteroatoms. The Kier molecular flexibility index (Phi) is 6.86. The number of ether oxygens (including phenoxy) is 2. The second-order valence-corrected chi connectivity index (χ2v) is 8.80. The molecule has 1 aliphatic heterocycles. The normalized spacial score (nSPS) is 17.1. The number of aryl methyl sites for hydroxylation is 1. The summed E-state index contributed by atoms with van der Waals surface area (Å²) >= 11 is 1.58. The number of amides is 1. The molecule has 0 radical (unpaired) electrons. The first-order valence-electron chi connectivity index (χ1n) is 10.7. The van der Waals surface area contributed by atoms with Gasteiger partial charge in [-0.25, -0.2) is 0 Å². The molecule has 4 rings (SSSR count). The van der Waals surface area contributed by atoms with Gasteiger partial charge in [-0.3, -0.25) is 9.69 Å². The van der Waals surface area contributed by atoms with Gasteiger partial charge in [0, 0.05) is 5.69 Å². The van der Waals surface area contributed by atoms with E-state index in [0.29, 0.717) is 11.5 Å². The highest BCUT2D eigenvalue weighted by Gasteiger charge is 2.38. The zero-order valence-electron chi connectivity index (χ0n) is 18.6. The first-order chi connectivity index (χ1) is 15.6. The number of thioether (sulfide) groups is 1. The van der Waals surface area contributed by atoms with Gasteiger partial charge in [0.25, 0.3) is 5.91 Å². The van der Waals surface area contributed by atoms with Crippen LogP contribution in [0.15, 0.2) is 77.7 Å². The van der Waals surface area contributed by atoms with E-state index >= 15 is 0 Å². The number of hydrogen-bond acceptors (Lipinski definition) is 4. The van der Waals surface area contributed by atoms with E-state index in [-0.39, 0.29) is 11.3 Å². The maximum atomic E-state index is 13.5. The van der Waals surface area contributed by atoms with E-state index in [0.717, 1.165) is 34.7 Å². The first kappa shape index (κ1) is 22.0. The van der Waals surface area contributed by atoms with Crippen molar-refractivity contribution in [3.8, 4) is 11.5 Å². The van der Waals surface area contributed by atoms with Gasteiger partial charge in [-0.1, -0.05) is 60.6 Å². The first-order valence-corrected chi connectivity index (χ1v) is 11.6. The number of benzene rings is 3. The van der Waals surface area contributed by atoms with Crippen LogP contribution in [0.2, 0.25) is 0 Å². The molecule has 1 fully saturated rings. The summed E-state index contributed by atoms with van der Waals surface area (Å²) in [5, 5.41) is -0.130. The molecule has 1 amide bonds. The molecular formula is C27H27NO3S. The van der Waals surface area contributed by atoms with Gasteiger partial charge in [0.15, 0.2) is 0 Å². The van der Waals surface area contributed by atoms with E-state index in [1.807, 2.05) is 59.5 Å². The van der Waals surface area contributed by atoms with Gasteiger partial charge >= 0.3 is 0 Å². The lowest BCUT2D eigenvalue weighted by Gasteiger charge is -2.24. The van der Waals surface area contributed by atoms with E-state index in [1.165, 1.54) is 5.56 Å². The Labute approximate surface area is 193 Å². The van der Waals surface area contributed by atoms with Crippen LogP contribution in [0.5, 0.6) is 11.5 Å². The molecule has 32 heavy (non-hydrogen) atoms. The fourth-order valence-electron chi connectivity index (χ4n) is 3.52. The lowest BCUT2D eigenvalue weighted by molar-refractivity contribution is -0.114. The average molecular weight is 446 g/mol. The van der Waals surface area contributed by atoms with Crippen LogP contribution in [-0.4, -0.2) is 19.6 Å².